The molecule has 0 aromatic heterocycles. The van der Waals surface area contributed by atoms with Gasteiger partial charge in [0, 0.05) is 0 Å². The second-order valence-corrected chi connectivity index (χ2v) is 7.41. The van der Waals surface area contributed by atoms with E-state index in [1.807, 2.05) is 11.8 Å². The van der Waals surface area contributed by atoms with Crippen molar-refractivity contribution in [3.8, 4) is 0 Å². The van der Waals surface area contributed by atoms with Crippen molar-refractivity contribution < 1.29 is 0 Å². The molecule has 0 saturated heterocycles. The van der Waals surface area contributed by atoms with E-state index in [0.717, 1.165) is 0 Å². The van der Waals surface area contributed by atoms with Crippen LogP contribution in [-0.2, 0) is 0 Å². The van der Waals surface area contributed by atoms with Gasteiger partial charge in [0.15, 0.2) is 0 Å². The van der Waals surface area contributed by atoms with Crippen molar-refractivity contribution >= 4 is 31.2 Å². The van der Waals surface area contributed by atoms with Crippen LogP contribution >= 0.6 is 11.8 Å². The second kappa shape index (κ2) is 8.92. The van der Waals surface area contributed by atoms with Gasteiger partial charge >= 0.3 is 110 Å². The third kappa shape index (κ3) is 5.79. The van der Waals surface area contributed by atoms with Gasteiger partial charge < -0.3 is 0 Å². The van der Waals surface area contributed by atoms with Crippen molar-refractivity contribution in [2.45, 2.75) is 32.6 Å². The number of unbranched alkanes of at least 4 members (excludes halogenated alkanes) is 3. The Morgan fingerprint density at radius 2 is 2.00 bits per heavy atom. The van der Waals surface area contributed by atoms with Crippen LogP contribution in [0.2, 0.25) is 0 Å². The molecule has 1 rings (SSSR count). The first-order chi connectivity index (χ1) is 7.86. The minimum atomic E-state index is 0.507. The number of thioether (sulfide) groups is 1. The predicted molar refractivity (Wildman–Crippen MR) is 77.6 cm³/mol. The quantitative estimate of drug-likeness (QED) is 0.545. The van der Waals surface area contributed by atoms with E-state index in [4.69, 9.17) is 0 Å². The molecule has 0 fully saturated rings. The fourth-order valence-electron chi connectivity index (χ4n) is 1.39. The van der Waals surface area contributed by atoms with Crippen LogP contribution in [0.3, 0.4) is 0 Å². The van der Waals surface area contributed by atoms with Crippen molar-refractivity contribution in [3.05, 3.63) is 40.2 Å². The van der Waals surface area contributed by atoms with E-state index in [0.29, 0.717) is 15.0 Å². The van der Waals surface area contributed by atoms with Crippen molar-refractivity contribution in [2.75, 3.05) is 6.26 Å². The van der Waals surface area contributed by atoms with E-state index in [1.165, 1.54) is 30.1 Å². The summed E-state index contributed by atoms with van der Waals surface area (Å²) in [7, 11) is 0. The van der Waals surface area contributed by atoms with Crippen LogP contribution in [0.1, 0.15) is 32.6 Å². The Bertz CT molecular complexity index is 306. The van der Waals surface area contributed by atoms with Crippen LogP contribution in [0, 0.1) is 0 Å². The van der Waals surface area contributed by atoms with Crippen molar-refractivity contribution in [2.24, 2.45) is 0 Å². The van der Waals surface area contributed by atoms with E-state index < -0.39 is 0 Å². The number of hydrogen-bond acceptors (Lipinski definition) is 1. The first-order valence-corrected chi connectivity index (χ1v) is 8.77. The van der Waals surface area contributed by atoms with E-state index in [1.54, 1.807) is 3.80 Å². The fourth-order valence-corrected chi connectivity index (χ4v) is 4.30. The van der Waals surface area contributed by atoms with Crippen LogP contribution in [0.25, 0.3) is 0 Å². The first-order valence-electron chi connectivity index (χ1n) is 5.84. The summed E-state index contributed by atoms with van der Waals surface area (Å²) in [6.45, 7) is 2.26. The van der Waals surface area contributed by atoms with Gasteiger partial charge in [0.25, 0.3) is 0 Å². The van der Waals surface area contributed by atoms with Crippen LogP contribution in [0.15, 0.2) is 40.2 Å². The van der Waals surface area contributed by atoms with Crippen molar-refractivity contribution in [3.63, 3.8) is 0 Å². The molecule has 2 heteroatoms. The molecule has 1 aromatic rings. The molecular formula is C14H20SSe. The average Bonchev–Trinajstić information content (AvgIpc) is 2.34. The Kier molecular flexibility index (Phi) is 7.75. The van der Waals surface area contributed by atoms with Crippen LogP contribution in [0.5, 0.6) is 0 Å². The van der Waals surface area contributed by atoms with Gasteiger partial charge in [-0.25, -0.2) is 0 Å². The minimum absolute atomic E-state index is 0.507. The standard InChI is InChI=1S/C14H20SSe/c1-3-4-5-9-12-14(15-2)16-13-10-7-6-8-11-13/h6-8,10-12H,3-5,9H2,1-2H3/b14-12+. The second-order valence-electron chi connectivity index (χ2n) is 3.64. The van der Waals surface area contributed by atoms with Gasteiger partial charge in [-0.1, -0.05) is 0 Å². The summed E-state index contributed by atoms with van der Waals surface area (Å²) in [6, 6.07) is 10.8. The molecule has 0 unspecified atom stereocenters. The molecule has 0 heterocycles. The average molecular weight is 299 g/mol. The summed E-state index contributed by atoms with van der Waals surface area (Å²) >= 11 is 2.42. The molecule has 88 valence electrons. The zero-order valence-electron chi connectivity index (χ0n) is 10.1. The summed E-state index contributed by atoms with van der Waals surface area (Å²) in [5.74, 6) is 0. The van der Waals surface area contributed by atoms with Crippen LogP contribution in [0.4, 0.5) is 0 Å². The Hall–Kier alpha value is -0.171. The zero-order valence-corrected chi connectivity index (χ0v) is 12.6. The predicted octanol–water partition coefficient (Wildman–Crippen LogP) is 3.80. The molecule has 0 atom stereocenters. The van der Waals surface area contributed by atoms with Gasteiger partial charge in [0.2, 0.25) is 0 Å². The monoisotopic (exact) mass is 300 g/mol. The summed E-state index contributed by atoms with van der Waals surface area (Å²) in [6.07, 6.45) is 9.89. The summed E-state index contributed by atoms with van der Waals surface area (Å²) in [5, 5.41) is 0. The number of allylic oxidation sites excluding steroid dienone is 1. The Morgan fingerprint density at radius 3 is 2.62 bits per heavy atom. The third-order valence-electron chi connectivity index (χ3n) is 2.28. The molecule has 0 aliphatic carbocycles. The molecule has 0 aliphatic rings. The van der Waals surface area contributed by atoms with E-state index >= 15 is 0 Å². The summed E-state index contributed by atoms with van der Waals surface area (Å²) in [5.41, 5.74) is 0. The molecule has 0 saturated carbocycles. The van der Waals surface area contributed by atoms with Gasteiger partial charge in [-0.3, -0.25) is 0 Å². The molecule has 16 heavy (non-hydrogen) atoms. The fraction of sp³-hybridized carbons (Fsp3) is 0.429. The van der Waals surface area contributed by atoms with Gasteiger partial charge in [-0.05, 0) is 0 Å². The zero-order chi connectivity index (χ0) is 11.6. The maximum absolute atomic E-state index is 2.44. The molecular weight excluding hydrogens is 279 g/mol. The first kappa shape index (κ1) is 13.9. The van der Waals surface area contributed by atoms with Gasteiger partial charge in [-0.2, -0.15) is 0 Å². The van der Waals surface area contributed by atoms with Gasteiger partial charge in [-0.15, -0.1) is 0 Å². The van der Waals surface area contributed by atoms with Gasteiger partial charge in [0.05, 0.1) is 0 Å². The maximum atomic E-state index is 2.44. The molecule has 0 amide bonds. The summed E-state index contributed by atoms with van der Waals surface area (Å²) in [4.78, 5) is 0. The third-order valence-corrected chi connectivity index (χ3v) is 6.17. The molecule has 0 nitrogen and oxygen atoms in total. The Balaban J connectivity index is 2.42. The van der Waals surface area contributed by atoms with E-state index in [-0.39, 0.29) is 0 Å². The van der Waals surface area contributed by atoms with Crippen LogP contribution < -0.4 is 4.46 Å². The molecule has 1 aromatic carbocycles. The topological polar surface area (TPSA) is 0 Å². The number of rotatable bonds is 7. The van der Waals surface area contributed by atoms with E-state index in [2.05, 4.69) is 49.6 Å². The van der Waals surface area contributed by atoms with Crippen LogP contribution in [-0.4, -0.2) is 21.2 Å². The molecule has 0 aliphatic heterocycles. The van der Waals surface area contributed by atoms with E-state index in [9.17, 15) is 0 Å². The molecule has 0 radical (unpaired) electrons. The number of benzene rings is 1. The SMILES string of the molecule is CCCCC/C=C(\SC)[Se]c1ccccc1. The molecule has 0 spiro atoms. The molecule has 0 N–H and O–H groups in total. The normalized spacial score (nSPS) is 11.8. The van der Waals surface area contributed by atoms with Crippen molar-refractivity contribution in [1.29, 1.82) is 0 Å². The van der Waals surface area contributed by atoms with Gasteiger partial charge in [0.1, 0.15) is 0 Å². The molecule has 0 bridgehead atoms. The van der Waals surface area contributed by atoms with Crippen molar-refractivity contribution in [1.82, 2.24) is 0 Å². The Labute approximate surface area is 110 Å². The Morgan fingerprint density at radius 1 is 1.25 bits per heavy atom. The summed E-state index contributed by atoms with van der Waals surface area (Å²) < 4.78 is 3.04. The number of hydrogen-bond donors (Lipinski definition) is 0.